The van der Waals surface area contributed by atoms with E-state index in [0.717, 1.165) is 0 Å². The summed E-state index contributed by atoms with van der Waals surface area (Å²) in [4.78, 5) is 0. The monoisotopic (exact) mass is 120 g/mol. The zero-order valence-corrected chi connectivity index (χ0v) is 5.03. The molecule has 0 heterocycles. The Bertz CT molecular complexity index is 113. The average molecular weight is 120 g/mol. The first-order valence-corrected chi connectivity index (χ1v) is 3.85. The van der Waals surface area contributed by atoms with Crippen LogP contribution in [0, 0.1) is 6.92 Å². The molecule has 2 radical (unpaired) electrons. The third kappa shape index (κ3) is 2.62. The van der Waals surface area contributed by atoms with E-state index in [0.29, 0.717) is 0 Å². The van der Waals surface area contributed by atoms with Crippen LogP contribution in [-0.4, -0.2) is 19.9 Å². The highest BCUT2D eigenvalue weighted by atomic mass is 32.2. The number of hydrogen-bond acceptors (Lipinski definition) is 2. The van der Waals surface area contributed by atoms with Crippen LogP contribution in [0.25, 0.3) is 0 Å². The zero-order chi connectivity index (χ0) is 5.91. The summed E-state index contributed by atoms with van der Waals surface area (Å²) in [6.07, 6.45) is 0. The van der Waals surface area contributed by atoms with Crippen LogP contribution in [0.2, 0.25) is 0 Å². The van der Waals surface area contributed by atoms with E-state index in [2.05, 4.69) is 0 Å². The smallest absolute Gasteiger partial charge is 0.150 e. The largest absolute Gasteiger partial charge is 0.229 e. The molecule has 0 aliphatic heterocycles. The first-order chi connectivity index (χ1) is 3.12. The van der Waals surface area contributed by atoms with Gasteiger partial charge < -0.3 is 0 Å². The lowest BCUT2D eigenvalue weighted by atomic mass is 11.0. The van der Waals surface area contributed by atoms with Gasteiger partial charge in [-0.2, -0.15) is 0 Å². The molecule has 0 N–H and O–H groups in total. The second-order valence-electron chi connectivity index (χ2n) is 1.20. The molecule has 0 atom stereocenters. The molecule has 0 bridgehead atoms. The molecule has 0 aliphatic carbocycles. The van der Waals surface area contributed by atoms with E-state index < -0.39 is 9.84 Å². The van der Waals surface area contributed by atoms with Gasteiger partial charge >= 0.3 is 0 Å². The maximum Gasteiger partial charge on any atom is 0.150 e. The molecule has 0 amide bonds. The summed E-state index contributed by atoms with van der Waals surface area (Å²) in [6.45, 7) is 6.40. The third-order valence-electron chi connectivity index (χ3n) is 0.694. The SMILES string of the molecule is [CH]CS(=O)(=O)CC. The van der Waals surface area contributed by atoms with Crippen molar-refractivity contribution < 1.29 is 8.42 Å². The molecule has 0 aromatic carbocycles. The number of sulfone groups is 1. The predicted octanol–water partition coefficient (Wildman–Crippen LogP) is 0.132. The molecular formula is C4H8O2S. The minimum Gasteiger partial charge on any atom is -0.229 e. The zero-order valence-electron chi connectivity index (χ0n) is 4.22. The van der Waals surface area contributed by atoms with Crippen LogP contribution >= 0.6 is 0 Å². The molecule has 0 saturated carbocycles. The highest BCUT2D eigenvalue weighted by Gasteiger charge is 1.99. The molecule has 0 spiro atoms. The van der Waals surface area contributed by atoms with Crippen molar-refractivity contribution in [3.8, 4) is 0 Å². The van der Waals surface area contributed by atoms with Crippen molar-refractivity contribution >= 4 is 9.84 Å². The van der Waals surface area contributed by atoms with Crippen LogP contribution in [0.5, 0.6) is 0 Å². The average Bonchev–Trinajstić information content (AvgIpc) is 1.68. The van der Waals surface area contributed by atoms with Crippen molar-refractivity contribution in [2.24, 2.45) is 0 Å². The lowest BCUT2D eigenvalue weighted by Gasteiger charge is -1.88. The Labute approximate surface area is 44.5 Å². The van der Waals surface area contributed by atoms with Crippen LogP contribution in [0.15, 0.2) is 0 Å². The van der Waals surface area contributed by atoms with E-state index in [4.69, 9.17) is 6.92 Å². The molecule has 0 aromatic heterocycles. The summed E-state index contributed by atoms with van der Waals surface area (Å²) in [5.74, 6) is -0.0903. The van der Waals surface area contributed by atoms with Gasteiger partial charge in [-0.15, -0.1) is 0 Å². The lowest BCUT2D eigenvalue weighted by Crippen LogP contribution is -2.04. The molecule has 0 aromatic rings. The summed E-state index contributed by atoms with van der Waals surface area (Å²) in [5, 5.41) is 0. The molecule has 0 unspecified atom stereocenters. The second kappa shape index (κ2) is 2.31. The fraction of sp³-hybridized carbons (Fsp3) is 0.750. The Morgan fingerprint density at radius 1 is 1.57 bits per heavy atom. The highest BCUT2D eigenvalue weighted by Crippen LogP contribution is 1.84. The van der Waals surface area contributed by atoms with Gasteiger partial charge in [-0.3, -0.25) is 0 Å². The van der Waals surface area contributed by atoms with Gasteiger partial charge in [-0.1, -0.05) is 6.92 Å². The summed E-state index contributed by atoms with van der Waals surface area (Å²) in [7, 11) is -2.88. The standard InChI is InChI=1S/C4H8O2S/c1-3-7(5,6)4-2/h1H,3-4H2,2H3. The first kappa shape index (κ1) is 6.95. The summed E-state index contributed by atoms with van der Waals surface area (Å²) >= 11 is 0. The van der Waals surface area contributed by atoms with Gasteiger partial charge in [0.2, 0.25) is 0 Å². The van der Waals surface area contributed by atoms with Crippen LogP contribution in [0.3, 0.4) is 0 Å². The van der Waals surface area contributed by atoms with Gasteiger partial charge in [0, 0.05) is 5.75 Å². The molecule has 3 heteroatoms. The van der Waals surface area contributed by atoms with Crippen molar-refractivity contribution in [2.45, 2.75) is 6.92 Å². The van der Waals surface area contributed by atoms with Gasteiger partial charge in [0.25, 0.3) is 0 Å². The van der Waals surface area contributed by atoms with Crippen LogP contribution in [0.1, 0.15) is 6.92 Å². The van der Waals surface area contributed by atoms with E-state index in [1.54, 1.807) is 6.92 Å². The Hall–Kier alpha value is -0.0500. The first-order valence-electron chi connectivity index (χ1n) is 2.03. The fourth-order valence-corrected chi connectivity index (χ4v) is 0.354. The third-order valence-corrected chi connectivity index (χ3v) is 2.08. The number of rotatable bonds is 2. The van der Waals surface area contributed by atoms with Gasteiger partial charge in [-0.25, -0.2) is 8.42 Å². The van der Waals surface area contributed by atoms with Crippen molar-refractivity contribution in [2.75, 3.05) is 11.5 Å². The Kier molecular flexibility index (Phi) is 2.29. The minimum atomic E-state index is -2.88. The molecule has 0 fully saturated rings. The van der Waals surface area contributed by atoms with E-state index in [1.807, 2.05) is 0 Å². The molecule has 42 valence electrons. The van der Waals surface area contributed by atoms with Crippen molar-refractivity contribution in [1.29, 1.82) is 0 Å². The predicted molar refractivity (Wildman–Crippen MR) is 28.6 cm³/mol. The minimum absolute atomic E-state index is 0.142. The Morgan fingerprint density at radius 3 is 2.00 bits per heavy atom. The Morgan fingerprint density at radius 2 is 2.00 bits per heavy atom. The van der Waals surface area contributed by atoms with E-state index >= 15 is 0 Å². The molecule has 7 heavy (non-hydrogen) atoms. The van der Waals surface area contributed by atoms with Crippen LogP contribution < -0.4 is 0 Å². The normalized spacial score (nSPS) is 11.7. The van der Waals surface area contributed by atoms with Crippen molar-refractivity contribution in [3.05, 3.63) is 6.92 Å². The van der Waals surface area contributed by atoms with Gasteiger partial charge in [0.05, 0.1) is 5.75 Å². The highest BCUT2D eigenvalue weighted by molar-refractivity contribution is 7.91. The van der Waals surface area contributed by atoms with E-state index in [1.165, 1.54) is 0 Å². The quantitative estimate of drug-likeness (QED) is 0.519. The summed E-state index contributed by atoms with van der Waals surface area (Å²) in [6, 6.07) is 0. The maximum atomic E-state index is 10.2. The molecule has 0 saturated heterocycles. The fourth-order valence-electron chi connectivity index (χ4n) is 0.118. The maximum absolute atomic E-state index is 10.2. The van der Waals surface area contributed by atoms with Gasteiger partial charge in [0.15, 0.2) is 0 Å². The molecular weight excluding hydrogens is 112 g/mol. The van der Waals surface area contributed by atoms with Crippen molar-refractivity contribution in [3.63, 3.8) is 0 Å². The van der Waals surface area contributed by atoms with Gasteiger partial charge in [-0.05, 0) is 6.92 Å². The lowest BCUT2D eigenvalue weighted by molar-refractivity contribution is 0.600. The molecule has 0 aliphatic rings. The second-order valence-corrected chi connectivity index (χ2v) is 3.60. The molecule has 0 rings (SSSR count). The van der Waals surface area contributed by atoms with Crippen LogP contribution in [-0.2, 0) is 9.84 Å². The van der Waals surface area contributed by atoms with E-state index in [9.17, 15) is 8.42 Å². The van der Waals surface area contributed by atoms with Crippen molar-refractivity contribution in [1.82, 2.24) is 0 Å². The Balaban J connectivity index is 3.89. The topological polar surface area (TPSA) is 34.1 Å². The summed E-state index contributed by atoms with van der Waals surface area (Å²) in [5.41, 5.74) is 0. The molecule has 2 nitrogen and oxygen atoms in total. The summed E-state index contributed by atoms with van der Waals surface area (Å²) < 4.78 is 20.5. The van der Waals surface area contributed by atoms with E-state index in [-0.39, 0.29) is 11.5 Å². The van der Waals surface area contributed by atoms with Crippen LogP contribution in [0.4, 0.5) is 0 Å². The number of hydrogen-bond donors (Lipinski definition) is 0. The van der Waals surface area contributed by atoms with Gasteiger partial charge in [0.1, 0.15) is 9.84 Å².